The Bertz CT molecular complexity index is 670. The summed E-state index contributed by atoms with van der Waals surface area (Å²) in [5, 5.41) is 5.17. The molecule has 0 radical (unpaired) electrons. The van der Waals surface area contributed by atoms with E-state index in [9.17, 15) is 4.79 Å². The monoisotopic (exact) mass is 375 g/mol. The van der Waals surface area contributed by atoms with Gasteiger partial charge in [0.05, 0.1) is 17.5 Å². The van der Waals surface area contributed by atoms with Crippen LogP contribution in [0.2, 0.25) is 0 Å². The molecule has 2 atom stereocenters. The molecule has 2 aromatic rings. The summed E-state index contributed by atoms with van der Waals surface area (Å²) < 4.78 is 5.41. The van der Waals surface area contributed by atoms with Gasteiger partial charge in [-0.25, -0.2) is 4.79 Å². The van der Waals surface area contributed by atoms with Gasteiger partial charge in [0.15, 0.2) is 0 Å². The lowest BCUT2D eigenvalue weighted by molar-refractivity contribution is -1.03. The topological polar surface area (TPSA) is 47.2 Å². The van der Waals surface area contributed by atoms with E-state index in [4.69, 9.17) is 4.74 Å². The summed E-state index contributed by atoms with van der Waals surface area (Å²) in [7, 11) is 0. The van der Waals surface area contributed by atoms with Gasteiger partial charge in [-0.3, -0.25) is 0 Å². The third-order valence-electron chi connectivity index (χ3n) is 5.19. The molecule has 5 nitrogen and oxygen atoms in total. The molecule has 6 heteroatoms. The number of ether oxygens (including phenoxy) is 1. The van der Waals surface area contributed by atoms with Crippen molar-refractivity contribution >= 4 is 17.4 Å². The van der Waals surface area contributed by atoms with Crippen LogP contribution in [-0.2, 0) is 0 Å². The number of carbonyl (C=O) groups excluding carboxylic acids is 1. The lowest BCUT2D eigenvalue weighted by atomic mass is 10.1. The maximum absolute atomic E-state index is 12.3. The number of piperazine rings is 1. The van der Waals surface area contributed by atoms with Crippen LogP contribution in [0.4, 0.5) is 4.79 Å². The van der Waals surface area contributed by atoms with Gasteiger partial charge >= 0.3 is 6.09 Å². The molecule has 0 aliphatic carbocycles. The first kappa shape index (κ1) is 18.9. The smallest absolute Gasteiger partial charge is 0.410 e. The minimum atomic E-state index is -0.387. The van der Waals surface area contributed by atoms with Crippen LogP contribution in [0, 0.1) is 0 Å². The molecule has 0 spiro atoms. The molecule has 1 aliphatic rings. The van der Waals surface area contributed by atoms with Crippen molar-refractivity contribution in [2.24, 2.45) is 0 Å². The summed E-state index contributed by atoms with van der Waals surface area (Å²) in [5.74, 6) is 0.567. The summed E-state index contributed by atoms with van der Waals surface area (Å²) >= 11 is 1.77. The summed E-state index contributed by atoms with van der Waals surface area (Å²) in [4.78, 5) is 16.9. The number of quaternary nitrogens is 2. The van der Waals surface area contributed by atoms with E-state index in [1.807, 2.05) is 18.2 Å². The molecule has 1 aromatic heterocycles. The highest BCUT2D eigenvalue weighted by molar-refractivity contribution is 7.10. The second-order valence-corrected chi connectivity index (χ2v) is 7.87. The van der Waals surface area contributed by atoms with E-state index in [0.29, 0.717) is 5.75 Å². The first-order valence-corrected chi connectivity index (χ1v) is 10.3. The van der Waals surface area contributed by atoms with Crippen LogP contribution >= 0.6 is 11.3 Å². The lowest BCUT2D eigenvalue weighted by Gasteiger charge is -2.36. The van der Waals surface area contributed by atoms with Gasteiger partial charge in [-0.1, -0.05) is 24.3 Å². The molecule has 1 amide bonds. The minimum Gasteiger partial charge on any atom is -0.410 e. The molecular weight excluding hydrogens is 346 g/mol. The van der Waals surface area contributed by atoms with Crippen molar-refractivity contribution in [2.75, 3.05) is 32.7 Å². The maximum atomic E-state index is 12.3. The largest absolute Gasteiger partial charge is 0.413 e. The Labute approximate surface area is 159 Å². The van der Waals surface area contributed by atoms with Crippen LogP contribution in [0.3, 0.4) is 0 Å². The van der Waals surface area contributed by atoms with E-state index in [2.05, 4.69) is 36.7 Å². The molecule has 1 aromatic carbocycles. The Balaban J connectivity index is 1.65. The number of hydrogen-bond donors (Lipinski definition) is 3. The third kappa shape index (κ3) is 4.84. The van der Waals surface area contributed by atoms with E-state index in [0.717, 1.165) is 13.1 Å². The zero-order valence-corrected chi connectivity index (χ0v) is 16.4. The average molecular weight is 376 g/mol. The molecule has 3 N–H and O–H groups in total. The van der Waals surface area contributed by atoms with Crippen molar-refractivity contribution in [2.45, 2.75) is 25.9 Å². The van der Waals surface area contributed by atoms with Crippen LogP contribution in [0.1, 0.15) is 24.8 Å². The van der Waals surface area contributed by atoms with Gasteiger partial charge in [-0.2, -0.15) is 0 Å². The van der Waals surface area contributed by atoms with Crippen molar-refractivity contribution in [3.8, 4) is 5.75 Å². The number of amides is 1. The number of hydrogen-bond acceptors (Lipinski definition) is 3. The maximum Gasteiger partial charge on any atom is 0.413 e. The van der Waals surface area contributed by atoms with Gasteiger partial charge in [0.2, 0.25) is 0 Å². The van der Waals surface area contributed by atoms with Gasteiger partial charge in [0.25, 0.3) is 0 Å². The van der Waals surface area contributed by atoms with Gasteiger partial charge in [0, 0.05) is 0 Å². The van der Waals surface area contributed by atoms with Crippen LogP contribution < -0.4 is 19.9 Å². The van der Waals surface area contributed by atoms with Crippen molar-refractivity contribution in [3.63, 3.8) is 0 Å². The molecule has 2 heterocycles. The van der Waals surface area contributed by atoms with Gasteiger partial charge in [-0.05, 0) is 37.4 Å². The standard InChI is InChI=1S/C20H27N3O2S/c1-3-22-11-13-23(14-12-22)19(18-10-7-15-26-18)16(2)21-20(24)25-17-8-5-4-6-9-17/h4-10,15-16,19H,3,11-14H2,1-2H3,(H,21,24)/p+2/t16-,19+/m1/s1. The van der Waals surface area contributed by atoms with Gasteiger partial charge in [0.1, 0.15) is 38.0 Å². The van der Waals surface area contributed by atoms with E-state index in [1.54, 1.807) is 33.3 Å². The molecule has 1 fully saturated rings. The Kier molecular flexibility index (Phi) is 6.66. The van der Waals surface area contributed by atoms with E-state index in [-0.39, 0.29) is 18.2 Å². The van der Waals surface area contributed by atoms with E-state index < -0.39 is 0 Å². The molecule has 0 bridgehead atoms. The SMILES string of the molecule is CC[NH+]1CC[NH+]([C@H](c2cccs2)[C@@H](C)NC(=O)Oc2ccccc2)CC1. The molecule has 3 rings (SSSR count). The van der Waals surface area contributed by atoms with Crippen molar-refractivity contribution < 1.29 is 19.3 Å². The highest BCUT2D eigenvalue weighted by Gasteiger charge is 2.35. The number of thiophene rings is 1. The van der Waals surface area contributed by atoms with Gasteiger partial charge < -0.3 is 19.9 Å². The fourth-order valence-electron chi connectivity index (χ4n) is 3.75. The first-order chi connectivity index (χ1) is 12.7. The summed E-state index contributed by atoms with van der Waals surface area (Å²) in [6.45, 7) is 10.2. The Morgan fingerprint density at radius 3 is 2.50 bits per heavy atom. The number of rotatable bonds is 6. The number of likely N-dealkylation sites (N-methyl/N-ethyl adjacent to an activating group) is 1. The summed E-state index contributed by atoms with van der Waals surface area (Å²) in [6.07, 6.45) is -0.387. The quantitative estimate of drug-likeness (QED) is 0.699. The zero-order chi connectivity index (χ0) is 18.4. The fraction of sp³-hybridized carbons (Fsp3) is 0.450. The van der Waals surface area contributed by atoms with E-state index >= 15 is 0 Å². The summed E-state index contributed by atoms with van der Waals surface area (Å²) in [6, 6.07) is 13.7. The molecule has 1 aliphatic heterocycles. The second-order valence-electron chi connectivity index (χ2n) is 6.89. The van der Waals surface area contributed by atoms with Crippen LogP contribution in [0.5, 0.6) is 5.75 Å². The van der Waals surface area contributed by atoms with Crippen molar-refractivity contribution in [1.29, 1.82) is 0 Å². The third-order valence-corrected chi connectivity index (χ3v) is 6.14. The summed E-state index contributed by atoms with van der Waals surface area (Å²) in [5.41, 5.74) is 0. The fourth-order valence-corrected chi connectivity index (χ4v) is 4.74. The lowest BCUT2D eigenvalue weighted by Crippen LogP contribution is -3.28. The normalized spacial score (nSPS) is 22.4. The molecule has 140 valence electrons. The molecule has 1 saturated heterocycles. The van der Waals surface area contributed by atoms with Gasteiger partial charge in [-0.15, -0.1) is 11.3 Å². The molecule has 0 saturated carbocycles. The highest BCUT2D eigenvalue weighted by atomic mass is 32.1. The highest BCUT2D eigenvalue weighted by Crippen LogP contribution is 2.20. The predicted octanol–water partition coefficient (Wildman–Crippen LogP) is 0.770. The number of nitrogens with one attached hydrogen (secondary N) is 3. The molecule has 26 heavy (non-hydrogen) atoms. The predicted molar refractivity (Wildman–Crippen MR) is 104 cm³/mol. The van der Waals surface area contributed by atoms with Crippen LogP contribution in [0.15, 0.2) is 47.8 Å². The van der Waals surface area contributed by atoms with E-state index in [1.165, 1.54) is 24.5 Å². The van der Waals surface area contributed by atoms with Crippen LogP contribution in [0.25, 0.3) is 0 Å². The first-order valence-electron chi connectivity index (χ1n) is 9.42. The Hall–Kier alpha value is -1.89. The second kappa shape index (κ2) is 9.16. The molecule has 0 unspecified atom stereocenters. The zero-order valence-electron chi connectivity index (χ0n) is 15.5. The minimum absolute atomic E-state index is 0.00281. The Morgan fingerprint density at radius 2 is 1.88 bits per heavy atom. The molecular formula is C20H29N3O2S+2. The number of carbonyl (C=O) groups is 1. The van der Waals surface area contributed by atoms with Crippen molar-refractivity contribution in [1.82, 2.24) is 5.32 Å². The van der Waals surface area contributed by atoms with Crippen molar-refractivity contribution in [3.05, 3.63) is 52.7 Å². The Morgan fingerprint density at radius 1 is 1.15 bits per heavy atom. The average Bonchev–Trinajstić information content (AvgIpc) is 3.17. The number of benzene rings is 1. The van der Waals surface area contributed by atoms with Crippen LogP contribution in [-0.4, -0.2) is 44.9 Å². The number of para-hydroxylation sites is 1.